The fraction of sp³-hybridized carbons (Fsp3) is 0.643. The lowest BCUT2D eigenvalue weighted by atomic mass is 9.97. The summed E-state index contributed by atoms with van der Waals surface area (Å²) in [5.74, 6) is 1.41. The second-order valence-corrected chi connectivity index (χ2v) is 6.93. The third-order valence-corrected chi connectivity index (χ3v) is 4.94. The van der Waals surface area contributed by atoms with Gasteiger partial charge in [0.2, 0.25) is 5.91 Å². The molecule has 0 atom stereocenters. The number of hydrogen-bond donors (Lipinski definition) is 1. The summed E-state index contributed by atoms with van der Waals surface area (Å²) in [5.41, 5.74) is 0. The summed E-state index contributed by atoms with van der Waals surface area (Å²) < 4.78 is 0. The van der Waals surface area contributed by atoms with Gasteiger partial charge in [-0.2, -0.15) is 11.8 Å². The molecule has 1 amide bonds. The second-order valence-electron chi connectivity index (χ2n) is 5.04. The molecule has 1 aromatic rings. The fourth-order valence-corrected chi connectivity index (χ4v) is 3.52. The van der Waals surface area contributed by atoms with Crippen LogP contribution in [0.25, 0.3) is 0 Å². The van der Waals surface area contributed by atoms with E-state index in [9.17, 15) is 4.79 Å². The number of carbonyl (C=O) groups is 1. The van der Waals surface area contributed by atoms with E-state index in [1.54, 1.807) is 11.8 Å². The lowest BCUT2D eigenvalue weighted by molar-refractivity contribution is -0.118. The first-order chi connectivity index (χ1) is 9.28. The third-order valence-electron chi connectivity index (χ3n) is 3.53. The van der Waals surface area contributed by atoms with Gasteiger partial charge in [-0.05, 0) is 49.6 Å². The molecule has 0 spiro atoms. The topological polar surface area (TPSA) is 32.3 Å². The predicted molar refractivity (Wildman–Crippen MR) is 83.7 cm³/mol. The van der Waals surface area contributed by atoms with Crippen LogP contribution in [-0.2, 0) is 11.3 Å². The van der Waals surface area contributed by atoms with Gasteiger partial charge in [-0.1, -0.05) is 6.07 Å². The van der Waals surface area contributed by atoms with Crippen LogP contribution in [0.3, 0.4) is 0 Å². The van der Waals surface area contributed by atoms with Crippen LogP contribution in [0.4, 0.5) is 0 Å². The molecule has 0 aliphatic carbocycles. The molecule has 0 bridgehead atoms. The molecule has 1 N–H and O–H groups in total. The monoisotopic (exact) mass is 298 g/mol. The minimum atomic E-state index is 0.175. The lowest BCUT2D eigenvalue weighted by Gasteiger charge is -2.31. The van der Waals surface area contributed by atoms with Gasteiger partial charge in [0.25, 0.3) is 0 Å². The minimum absolute atomic E-state index is 0.175. The zero-order chi connectivity index (χ0) is 13.5. The minimum Gasteiger partial charge on any atom is -0.355 e. The first-order valence-electron chi connectivity index (χ1n) is 6.78. The Labute approximate surface area is 123 Å². The van der Waals surface area contributed by atoms with Crippen molar-refractivity contribution in [3.63, 3.8) is 0 Å². The summed E-state index contributed by atoms with van der Waals surface area (Å²) in [7, 11) is 0. The third kappa shape index (κ3) is 5.16. The van der Waals surface area contributed by atoms with Gasteiger partial charge in [0.15, 0.2) is 0 Å². The number of nitrogens with zero attached hydrogens (tertiary/aromatic N) is 1. The first kappa shape index (κ1) is 14.9. The van der Waals surface area contributed by atoms with E-state index in [-0.39, 0.29) is 5.91 Å². The van der Waals surface area contributed by atoms with Crippen molar-refractivity contribution in [2.24, 2.45) is 5.92 Å². The number of amides is 1. The van der Waals surface area contributed by atoms with Gasteiger partial charge in [-0.25, -0.2) is 0 Å². The molecule has 1 saturated heterocycles. The van der Waals surface area contributed by atoms with E-state index in [0.717, 1.165) is 26.2 Å². The molecule has 106 valence electrons. The molecule has 1 aliphatic rings. The quantitative estimate of drug-likeness (QED) is 0.875. The van der Waals surface area contributed by atoms with Crippen molar-refractivity contribution in [2.75, 3.05) is 31.6 Å². The number of piperidine rings is 1. The Morgan fingerprint density at radius 3 is 2.95 bits per heavy atom. The maximum atomic E-state index is 11.4. The van der Waals surface area contributed by atoms with Crippen molar-refractivity contribution in [1.29, 1.82) is 0 Å². The number of likely N-dealkylation sites (tertiary alicyclic amines) is 1. The summed E-state index contributed by atoms with van der Waals surface area (Å²) in [6.07, 6.45) is 4.36. The van der Waals surface area contributed by atoms with Gasteiger partial charge in [-0.3, -0.25) is 9.69 Å². The van der Waals surface area contributed by atoms with Crippen molar-refractivity contribution in [2.45, 2.75) is 19.4 Å². The molecule has 19 heavy (non-hydrogen) atoms. The number of nitrogens with one attached hydrogen (secondary N) is 1. The number of carbonyl (C=O) groups excluding carboxylic acids is 1. The molecule has 0 unspecified atom stereocenters. The molecule has 1 fully saturated rings. The fourth-order valence-electron chi connectivity index (χ4n) is 2.41. The molecule has 2 rings (SSSR count). The summed E-state index contributed by atoms with van der Waals surface area (Å²) in [6, 6.07) is 4.33. The summed E-state index contributed by atoms with van der Waals surface area (Å²) in [4.78, 5) is 15.4. The molecule has 1 aliphatic heterocycles. The van der Waals surface area contributed by atoms with E-state index in [1.807, 2.05) is 17.6 Å². The molecule has 3 nitrogen and oxygen atoms in total. The summed E-state index contributed by atoms with van der Waals surface area (Å²) in [5, 5.41) is 5.18. The average molecular weight is 298 g/mol. The standard InChI is InChI=1S/C14H22N2OS2/c1-18-11-14(17)15-9-12-4-6-16(7-5-12)10-13-3-2-8-19-13/h2-3,8,12H,4-7,9-11H2,1H3,(H,15,17). The molecule has 0 aromatic carbocycles. The highest BCUT2D eigenvalue weighted by Gasteiger charge is 2.19. The highest BCUT2D eigenvalue weighted by Crippen LogP contribution is 2.20. The average Bonchev–Trinajstić information content (AvgIpc) is 2.91. The zero-order valence-corrected chi connectivity index (χ0v) is 13.1. The van der Waals surface area contributed by atoms with E-state index in [4.69, 9.17) is 0 Å². The van der Waals surface area contributed by atoms with Gasteiger partial charge in [0.05, 0.1) is 5.75 Å². The van der Waals surface area contributed by atoms with Crippen molar-refractivity contribution in [3.05, 3.63) is 22.4 Å². The van der Waals surface area contributed by atoms with Gasteiger partial charge in [0, 0.05) is 18.0 Å². The van der Waals surface area contributed by atoms with Crippen LogP contribution >= 0.6 is 23.1 Å². The molecule has 5 heteroatoms. The van der Waals surface area contributed by atoms with Crippen LogP contribution < -0.4 is 5.32 Å². The van der Waals surface area contributed by atoms with Gasteiger partial charge in [0.1, 0.15) is 0 Å². The first-order valence-corrected chi connectivity index (χ1v) is 9.05. The van der Waals surface area contributed by atoms with E-state index in [0.29, 0.717) is 11.7 Å². The normalized spacial score (nSPS) is 17.5. The lowest BCUT2D eigenvalue weighted by Crippen LogP contribution is -2.38. The Bertz CT molecular complexity index is 373. The summed E-state index contributed by atoms with van der Waals surface area (Å²) >= 11 is 3.42. The molecule has 0 saturated carbocycles. The maximum absolute atomic E-state index is 11.4. The van der Waals surface area contributed by atoms with Crippen molar-refractivity contribution >= 4 is 29.0 Å². The Balaban J connectivity index is 1.63. The van der Waals surface area contributed by atoms with Crippen LogP contribution in [0.2, 0.25) is 0 Å². The highest BCUT2D eigenvalue weighted by molar-refractivity contribution is 7.99. The van der Waals surface area contributed by atoms with Crippen LogP contribution in [-0.4, -0.2) is 42.4 Å². The Morgan fingerprint density at radius 2 is 2.32 bits per heavy atom. The molecule has 2 heterocycles. The number of thioether (sulfide) groups is 1. The molecular formula is C14H22N2OS2. The highest BCUT2D eigenvalue weighted by atomic mass is 32.2. The van der Waals surface area contributed by atoms with Gasteiger partial charge >= 0.3 is 0 Å². The molecular weight excluding hydrogens is 276 g/mol. The Morgan fingerprint density at radius 1 is 1.53 bits per heavy atom. The van der Waals surface area contributed by atoms with Crippen molar-refractivity contribution < 1.29 is 4.79 Å². The van der Waals surface area contributed by atoms with Crippen molar-refractivity contribution in [3.8, 4) is 0 Å². The van der Waals surface area contributed by atoms with E-state index in [2.05, 4.69) is 27.7 Å². The van der Waals surface area contributed by atoms with Crippen molar-refractivity contribution in [1.82, 2.24) is 10.2 Å². The summed E-state index contributed by atoms with van der Waals surface area (Å²) in [6.45, 7) is 4.25. The molecule has 1 aromatic heterocycles. The largest absolute Gasteiger partial charge is 0.355 e. The van der Waals surface area contributed by atoms with Crippen LogP contribution in [0.15, 0.2) is 17.5 Å². The Hall–Kier alpha value is -0.520. The smallest absolute Gasteiger partial charge is 0.229 e. The van der Waals surface area contributed by atoms with Crippen LogP contribution in [0, 0.1) is 5.92 Å². The molecule has 0 radical (unpaired) electrons. The number of rotatable bonds is 6. The van der Waals surface area contributed by atoms with Crippen LogP contribution in [0.1, 0.15) is 17.7 Å². The zero-order valence-electron chi connectivity index (χ0n) is 11.4. The second kappa shape index (κ2) is 7.92. The van der Waals surface area contributed by atoms with E-state index >= 15 is 0 Å². The maximum Gasteiger partial charge on any atom is 0.229 e. The number of thiophene rings is 1. The number of hydrogen-bond acceptors (Lipinski definition) is 4. The van der Waals surface area contributed by atoms with E-state index < -0.39 is 0 Å². The van der Waals surface area contributed by atoms with Crippen LogP contribution in [0.5, 0.6) is 0 Å². The van der Waals surface area contributed by atoms with E-state index in [1.165, 1.54) is 17.7 Å². The Kier molecular flexibility index (Phi) is 6.20. The van der Waals surface area contributed by atoms with Gasteiger partial charge < -0.3 is 5.32 Å². The van der Waals surface area contributed by atoms with Gasteiger partial charge in [-0.15, -0.1) is 11.3 Å². The predicted octanol–water partition coefficient (Wildman–Crippen LogP) is 2.44. The SMILES string of the molecule is CSCC(=O)NCC1CCN(Cc2cccs2)CC1.